The van der Waals surface area contributed by atoms with Crippen LogP contribution in [0.2, 0.25) is 0 Å². The van der Waals surface area contributed by atoms with Gasteiger partial charge in [0.05, 0.1) is 17.4 Å². The smallest absolute Gasteiger partial charge is 0.309 e. The van der Waals surface area contributed by atoms with Gasteiger partial charge in [-0.15, -0.1) is 0 Å². The molecule has 0 amide bonds. The first kappa shape index (κ1) is 22.4. The van der Waals surface area contributed by atoms with E-state index in [1.807, 2.05) is 51.1 Å². The van der Waals surface area contributed by atoms with Crippen molar-refractivity contribution in [3.05, 3.63) is 58.9 Å². The average Bonchev–Trinajstić information content (AvgIpc) is 2.71. The fourth-order valence-electron chi connectivity index (χ4n) is 3.84. The fourth-order valence-corrected chi connectivity index (χ4v) is 5.52. The van der Waals surface area contributed by atoms with Gasteiger partial charge in [0.15, 0.2) is 0 Å². The largest absolute Gasteiger partial charge is 0.465 e. The fraction of sp³-hybridized carbons (Fsp3) is 0.478. The number of hydrogen-bond acceptors (Lipinski definition) is 5. The molecule has 0 radical (unpaired) electrons. The lowest BCUT2D eigenvalue weighted by Crippen LogP contribution is -2.40. The van der Waals surface area contributed by atoms with Gasteiger partial charge >= 0.3 is 5.97 Å². The van der Waals surface area contributed by atoms with Crippen molar-refractivity contribution < 1.29 is 17.9 Å². The molecule has 6 nitrogen and oxygen atoms in total. The third-order valence-electron chi connectivity index (χ3n) is 5.50. The van der Waals surface area contributed by atoms with Crippen molar-refractivity contribution >= 4 is 16.0 Å². The highest BCUT2D eigenvalue weighted by Gasteiger charge is 2.33. The summed E-state index contributed by atoms with van der Waals surface area (Å²) in [5.41, 5.74) is 3.76. The van der Waals surface area contributed by atoms with E-state index in [0.29, 0.717) is 37.4 Å². The summed E-state index contributed by atoms with van der Waals surface area (Å²) in [5, 5.41) is 0. The van der Waals surface area contributed by atoms with Gasteiger partial charge in [0.25, 0.3) is 0 Å². The molecule has 30 heavy (non-hydrogen) atoms. The third-order valence-corrected chi connectivity index (χ3v) is 7.56. The highest BCUT2D eigenvalue weighted by Crippen LogP contribution is 2.26. The predicted molar refractivity (Wildman–Crippen MR) is 116 cm³/mol. The van der Waals surface area contributed by atoms with Crippen LogP contribution in [0, 0.1) is 26.7 Å². The topological polar surface area (TPSA) is 76.6 Å². The number of piperidine rings is 1. The summed E-state index contributed by atoms with van der Waals surface area (Å²) in [5.74, 6) is -0.469. The molecule has 0 saturated carbocycles. The summed E-state index contributed by atoms with van der Waals surface area (Å²) < 4.78 is 32.9. The van der Waals surface area contributed by atoms with E-state index < -0.39 is 10.0 Å². The van der Waals surface area contributed by atoms with E-state index in [2.05, 4.69) is 4.98 Å². The Hall–Kier alpha value is -2.25. The summed E-state index contributed by atoms with van der Waals surface area (Å²) in [7, 11) is -3.54. The van der Waals surface area contributed by atoms with E-state index in [4.69, 9.17) is 4.74 Å². The Kier molecular flexibility index (Phi) is 7.26. The second-order valence-electron chi connectivity index (χ2n) is 7.99. The zero-order chi connectivity index (χ0) is 21.7. The number of pyridine rings is 1. The highest BCUT2D eigenvalue weighted by atomic mass is 32.2. The SMILES string of the molecule is Cc1ccc(S(=O)(=O)N2CCC(C(=O)OCCCc3cccc(C)n3)CC2)c(C)c1. The van der Waals surface area contributed by atoms with Gasteiger partial charge in [0.1, 0.15) is 0 Å². The van der Waals surface area contributed by atoms with Gasteiger partial charge in [-0.2, -0.15) is 4.31 Å². The van der Waals surface area contributed by atoms with Crippen molar-refractivity contribution in [2.45, 2.75) is 51.3 Å². The number of hydrogen-bond donors (Lipinski definition) is 0. The minimum Gasteiger partial charge on any atom is -0.465 e. The van der Waals surface area contributed by atoms with Crippen LogP contribution in [0.25, 0.3) is 0 Å². The van der Waals surface area contributed by atoms with Gasteiger partial charge in [-0.1, -0.05) is 23.8 Å². The van der Waals surface area contributed by atoms with Crippen molar-refractivity contribution in [1.29, 1.82) is 0 Å². The molecule has 1 aliphatic rings. The van der Waals surface area contributed by atoms with Crippen LogP contribution < -0.4 is 0 Å². The Balaban J connectivity index is 1.47. The molecular weight excluding hydrogens is 400 g/mol. The molecule has 1 fully saturated rings. The predicted octanol–water partition coefficient (Wildman–Crippen LogP) is 3.58. The number of aryl methyl sites for hydroxylation is 4. The standard InChI is InChI=1S/C23H30N2O4S/c1-17-9-10-22(18(2)16-17)30(27,28)25-13-11-20(12-14-25)23(26)29-15-5-8-21-7-4-6-19(3)24-21/h4,6-7,9-10,16,20H,5,8,11-15H2,1-3H3. The molecule has 0 bridgehead atoms. The highest BCUT2D eigenvalue weighted by molar-refractivity contribution is 7.89. The molecule has 0 aliphatic carbocycles. The Morgan fingerprint density at radius 2 is 1.87 bits per heavy atom. The lowest BCUT2D eigenvalue weighted by molar-refractivity contribution is -0.149. The number of ether oxygens (including phenoxy) is 1. The van der Waals surface area contributed by atoms with E-state index in [0.717, 1.165) is 35.4 Å². The van der Waals surface area contributed by atoms with E-state index in [9.17, 15) is 13.2 Å². The van der Waals surface area contributed by atoms with E-state index in [1.54, 1.807) is 6.07 Å². The maximum absolute atomic E-state index is 13.0. The van der Waals surface area contributed by atoms with Crippen LogP contribution in [-0.4, -0.2) is 43.4 Å². The molecule has 1 aliphatic heterocycles. The maximum Gasteiger partial charge on any atom is 0.309 e. The van der Waals surface area contributed by atoms with Crippen LogP contribution in [0.4, 0.5) is 0 Å². The van der Waals surface area contributed by atoms with Gasteiger partial charge in [-0.25, -0.2) is 8.42 Å². The molecule has 0 unspecified atom stereocenters. The zero-order valence-corrected chi connectivity index (χ0v) is 18.7. The van der Waals surface area contributed by atoms with Crippen LogP contribution in [-0.2, 0) is 26.0 Å². The van der Waals surface area contributed by atoms with Crippen molar-refractivity contribution in [3.8, 4) is 0 Å². The summed E-state index contributed by atoms with van der Waals surface area (Å²) >= 11 is 0. The number of sulfonamides is 1. The molecule has 1 saturated heterocycles. The summed E-state index contributed by atoms with van der Waals surface area (Å²) in [6.45, 7) is 6.74. The number of carbonyl (C=O) groups is 1. The average molecular weight is 431 g/mol. The molecular formula is C23H30N2O4S. The van der Waals surface area contributed by atoms with Gasteiger partial charge < -0.3 is 4.74 Å². The van der Waals surface area contributed by atoms with Crippen molar-refractivity contribution in [1.82, 2.24) is 9.29 Å². The van der Waals surface area contributed by atoms with Crippen LogP contribution in [0.15, 0.2) is 41.3 Å². The van der Waals surface area contributed by atoms with Gasteiger partial charge in [0, 0.05) is 24.5 Å². The first-order valence-corrected chi connectivity index (χ1v) is 11.9. The quantitative estimate of drug-likeness (QED) is 0.496. The number of rotatable bonds is 7. The van der Waals surface area contributed by atoms with Crippen LogP contribution in [0.1, 0.15) is 41.8 Å². The van der Waals surface area contributed by atoms with Gasteiger partial charge in [0.2, 0.25) is 10.0 Å². The first-order chi connectivity index (χ1) is 14.3. The molecule has 2 aromatic rings. The van der Waals surface area contributed by atoms with Crippen LogP contribution >= 0.6 is 0 Å². The van der Waals surface area contributed by atoms with E-state index >= 15 is 0 Å². The number of aromatic nitrogens is 1. The minimum absolute atomic E-state index is 0.226. The minimum atomic E-state index is -3.54. The summed E-state index contributed by atoms with van der Waals surface area (Å²) in [6, 6.07) is 11.3. The lowest BCUT2D eigenvalue weighted by Gasteiger charge is -2.30. The molecule has 7 heteroatoms. The van der Waals surface area contributed by atoms with Crippen molar-refractivity contribution in [2.75, 3.05) is 19.7 Å². The van der Waals surface area contributed by atoms with Gasteiger partial charge in [-0.05, 0) is 70.2 Å². The molecule has 162 valence electrons. The molecule has 0 N–H and O–H groups in total. The Morgan fingerprint density at radius 1 is 1.13 bits per heavy atom. The lowest BCUT2D eigenvalue weighted by atomic mass is 9.98. The van der Waals surface area contributed by atoms with Crippen molar-refractivity contribution in [3.63, 3.8) is 0 Å². The van der Waals surface area contributed by atoms with Crippen LogP contribution in [0.3, 0.4) is 0 Å². The maximum atomic E-state index is 13.0. The van der Waals surface area contributed by atoms with E-state index in [1.165, 1.54) is 4.31 Å². The monoisotopic (exact) mass is 430 g/mol. The molecule has 1 aromatic heterocycles. The Bertz CT molecular complexity index is 996. The number of esters is 1. The summed E-state index contributed by atoms with van der Waals surface area (Å²) in [4.78, 5) is 17.2. The summed E-state index contributed by atoms with van der Waals surface area (Å²) in [6.07, 6.45) is 2.47. The molecule has 3 rings (SSSR count). The number of carbonyl (C=O) groups excluding carboxylic acids is 1. The Morgan fingerprint density at radius 3 is 2.53 bits per heavy atom. The second kappa shape index (κ2) is 9.71. The Labute approximate surface area is 179 Å². The van der Waals surface area contributed by atoms with E-state index in [-0.39, 0.29) is 11.9 Å². The first-order valence-electron chi connectivity index (χ1n) is 10.4. The van der Waals surface area contributed by atoms with Crippen LogP contribution in [0.5, 0.6) is 0 Å². The normalized spacial score (nSPS) is 15.8. The number of nitrogens with zero attached hydrogens (tertiary/aromatic N) is 2. The number of benzene rings is 1. The molecule has 0 spiro atoms. The molecule has 1 aromatic carbocycles. The van der Waals surface area contributed by atoms with Crippen molar-refractivity contribution in [2.24, 2.45) is 5.92 Å². The molecule has 2 heterocycles. The van der Waals surface area contributed by atoms with Gasteiger partial charge in [-0.3, -0.25) is 9.78 Å². The zero-order valence-electron chi connectivity index (χ0n) is 17.9. The third kappa shape index (κ3) is 5.46. The molecule has 0 atom stereocenters. The second-order valence-corrected chi connectivity index (χ2v) is 9.90.